The Bertz CT molecular complexity index is 419. The zero-order chi connectivity index (χ0) is 15.1. The Kier molecular flexibility index (Phi) is 4.00. The number of likely N-dealkylation sites (N-methyl/N-ethyl adjacent to an activating group) is 1. The highest BCUT2D eigenvalue weighted by Gasteiger charge is 2.70. The molecular formula is C16H28N2O2. The van der Waals surface area contributed by atoms with Crippen LogP contribution in [0.3, 0.4) is 0 Å². The molecule has 0 bridgehead atoms. The number of amides is 1. The summed E-state index contributed by atoms with van der Waals surface area (Å²) in [5.74, 6) is 0.206. The van der Waals surface area contributed by atoms with Gasteiger partial charge in [0.1, 0.15) is 5.54 Å². The van der Waals surface area contributed by atoms with Crippen LogP contribution in [0.4, 0.5) is 0 Å². The summed E-state index contributed by atoms with van der Waals surface area (Å²) in [6, 6.07) is 0. The fraction of sp³-hybridized carbons (Fsp3) is 0.812. The topological polar surface area (TPSA) is 55.6 Å². The average molecular weight is 280 g/mol. The number of nitrogens with zero attached hydrogens (tertiary/aromatic N) is 1. The smallest absolute Gasteiger partial charge is 0.243 e. The van der Waals surface area contributed by atoms with Crippen LogP contribution in [-0.2, 0) is 9.53 Å². The number of rotatable bonds is 4. The van der Waals surface area contributed by atoms with Crippen LogP contribution in [-0.4, -0.2) is 42.1 Å². The number of hydrogen-bond donors (Lipinski definition) is 1. The molecule has 2 aliphatic rings. The van der Waals surface area contributed by atoms with Crippen molar-refractivity contribution in [2.45, 2.75) is 52.2 Å². The molecular weight excluding hydrogens is 252 g/mol. The average Bonchev–Trinajstić information content (AvgIpc) is 2.42. The fourth-order valence-electron chi connectivity index (χ4n) is 3.92. The van der Waals surface area contributed by atoms with Gasteiger partial charge < -0.3 is 15.4 Å². The van der Waals surface area contributed by atoms with Gasteiger partial charge in [0.2, 0.25) is 5.91 Å². The SMILES string of the molecule is C=C(C)CN(CC)C(=O)C1(N)C2CCCOC2C1(C)C. The molecule has 1 amide bonds. The first kappa shape index (κ1) is 15.5. The first-order valence-electron chi connectivity index (χ1n) is 7.61. The minimum Gasteiger partial charge on any atom is -0.377 e. The number of carbonyl (C=O) groups excluding carboxylic acids is 1. The lowest BCUT2D eigenvalue weighted by molar-refractivity contribution is -0.229. The number of nitrogens with two attached hydrogens (primary N) is 1. The molecule has 3 unspecified atom stereocenters. The molecule has 0 aromatic heterocycles. The maximum Gasteiger partial charge on any atom is 0.243 e. The number of hydrogen-bond acceptors (Lipinski definition) is 3. The Balaban J connectivity index is 2.24. The molecule has 1 saturated carbocycles. The molecule has 2 rings (SSSR count). The van der Waals surface area contributed by atoms with Gasteiger partial charge in [0.15, 0.2) is 0 Å². The van der Waals surface area contributed by atoms with E-state index in [1.165, 1.54) is 0 Å². The molecule has 1 aliphatic heterocycles. The summed E-state index contributed by atoms with van der Waals surface area (Å²) in [7, 11) is 0. The molecule has 3 atom stereocenters. The van der Waals surface area contributed by atoms with Gasteiger partial charge in [-0.05, 0) is 26.7 Å². The van der Waals surface area contributed by atoms with Crippen molar-refractivity contribution < 1.29 is 9.53 Å². The van der Waals surface area contributed by atoms with Crippen LogP contribution in [0.25, 0.3) is 0 Å². The molecule has 4 heteroatoms. The van der Waals surface area contributed by atoms with Gasteiger partial charge in [0.05, 0.1) is 6.10 Å². The van der Waals surface area contributed by atoms with Crippen molar-refractivity contribution in [3.05, 3.63) is 12.2 Å². The zero-order valence-corrected chi connectivity index (χ0v) is 13.2. The third-order valence-electron chi connectivity index (χ3n) is 5.17. The Morgan fingerprint density at radius 2 is 2.15 bits per heavy atom. The van der Waals surface area contributed by atoms with Crippen LogP contribution >= 0.6 is 0 Å². The van der Waals surface area contributed by atoms with Gasteiger partial charge in [-0.2, -0.15) is 0 Å². The van der Waals surface area contributed by atoms with Crippen molar-refractivity contribution in [1.29, 1.82) is 0 Å². The van der Waals surface area contributed by atoms with E-state index in [0.717, 1.165) is 25.0 Å². The summed E-state index contributed by atoms with van der Waals surface area (Å²) in [4.78, 5) is 14.8. The molecule has 1 heterocycles. The lowest BCUT2D eigenvalue weighted by Gasteiger charge is -2.65. The second-order valence-corrected chi connectivity index (χ2v) is 6.91. The largest absolute Gasteiger partial charge is 0.377 e. The van der Waals surface area contributed by atoms with Gasteiger partial charge in [0, 0.05) is 31.0 Å². The second-order valence-electron chi connectivity index (χ2n) is 6.91. The van der Waals surface area contributed by atoms with E-state index in [1.807, 2.05) is 18.7 Å². The van der Waals surface area contributed by atoms with E-state index in [0.29, 0.717) is 13.1 Å². The molecule has 0 aromatic carbocycles. The number of ether oxygens (including phenoxy) is 1. The highest BCUT2D eigenvalue weighted by Crippen LogP contribution is 2.57. The van der Waals surface area contributed by atoms with Crippen LogP contribution in [0.5, 0.6) is 0 Å². The molecule has 20 heavy (non-hydrogen) atoms. The predicted molar refractivity (Wildman–Crippen MR) is 80.2 cm³/mol. The maximum atomic E-state index is 13.0. The molecule has 114 valence electrons. The standard InChI is InChI=1S/C16H28N2O2/c1-6-18(10-11(2)3)14(19)16(17)12-8-7-9-20-13(12)15(16,4)5/h12-13H,2,6-10,17H2,1,3-5H3. The summed E-state index contributed by atoms with van der Waals surface area (Å²) >= 11 is 0. The van der Waals surface area contributed by atoms with Crippen molar-refractivity contribution in [3.8, 4) is 0 Å². The Morgan fingerprint density at radius 1 is 1.50 bits per heavy atom. The lowest BCUT2D eigenvalue weighted by Crippen LogP contribution is -2.82. The summed E-state index contributed by atoms with van der Waals surface area (Å²) in [6.07, 6.45) is 2.10. The monoisotopic (exact) mass is 280 g/mol. The van der Waals surface area contributed by atoms with Crippen LogP contribution in [0.15, 0.2) is 12.2 Å². The first-order chi connectivity index (χ1) is 9.26. The minimum absolute atomic E-state index is 0.0553. The molecule has 1 saturated heterocycles. The summed E-state index contributed by atoms with van der Waals surface area (Å²) in [5.41, 5.74) is 6.50. The predicted octanol–water partition coefficient (Wildman–Crippen LogP) is 1.94. The minimum atomic E-state index is -0.802. The van der Waals surface area contributed by atoms with Crippen molar-refractivity contribution in [3.63, 3.8) is 0 Å². The van der Waals surface area contributed by atoms with Gasteiger partial charge in [0.25, 0.3) is 0 Å². The molecule has 1 aliphatic carbocycles. The summed E-state index contributed by atoms with van der Waals surface area (Å²) in [5, 5.41) is 0. The number of fused-ring (bicyclic) bond motifs is 1. The Morgan fingerprint density at radius 3 is 2.70 bits per heavy atom. The van der Waals surface area contributed by atoms with Crippen molar-refractivity contribution in [2.75, 3.05) is 19.7 Å². The van der Waals surface area contributed by atoms with E-state index in [4.69, 9.17) is 10.5 Å². The van der Waals surface area contributed by atoms with Gasteiger partial charge in [-0.3, -0.25) is 4.79 Å². The van der Waals surface area contributed by atoms with Gasteiger partial charge in [-0.15, -0.1) is 0 Å². The van der Waals surface area contributed by atoms with Crippen molar-refractivity contribution in [2.24, 2.45) is 17.1 Å². The van der Waals surface area contributed by atoms with E-state index in [9.17, 15) is 4.79 Å². The van der Waals surface area contributed by atoms with Gasteiger partial charge >= 0.3 is 0 Å². The van der Waals surface area contributed by atoms with Crippen LogP contribution in [0.1, 0.15) is 40.5 Å². The van der Waals surface area contributed by atoms with E-state index < -0.39 is 5.54 Å². The van der Waals surface area contributed by atoms with Crippen molar-refractivity contribution in [1.82, 2.24) is 4.90 Å². The van der Waals surface area contributed by atoms with Gasteiger partial charge in [-0.25, -0.2) is 0 Å². The van der Waals surface area contributed by atoms with Crippen molar-refractivity contribution >= 4 is 5.91 Å². The van der Waals surface area contributed by atoms with E-state index in [-0.39, 0.29) is 23.3 Å². The van der Waals surface area contributed by atoms with Crippen LogP contribution in [0, 0.1) is 11.3 Å². The molecule has 2 fully saturated rings. The normalized spacial score (nSPS) is 34.9. The molecule has 4 nitrogen and oxygen atoms in total. The molecule has 0 spiro atoms. The van der Waals surface area contributed by atoms with Crippen LogP contribution in [0.2, 0.25) is 0 Å². The fourth-order valence-corrected chi connectivity index (χ4v) is 3.92. The summed E-state index contributed by atoms with van der Waals surface area (Å²) in [6.45, 7) is 14.0. The Hall–Kier alpha value is -0.870. The van der Waals surface area contributed by atoms with Gasteiger partial charge in [-0.1, -0.05) is 26.0 Å². The molecule has 0 aromatic rings. The first-order valence-corrected chi connectivity index (χ1v) is 7.61. The maximum absolute atomic E-state index is 13.0. The zero-order valence-electron chi connectivity index (χ0n) is 13.2. The third kappa shape index (κ3) is 2.01. The van der Waals surface area contributed by atoms with E-state index in [1.54, 1.807) is 0 Å². The van der Waals surface area contributed by atoms with Crippen LogP contribution < -0.4 is 5.73 Å². The van der Waals surface area contributed by atoms with E-state index in [2.05, 4.69) is 20.4 Å². The Labute approximate surface area is 122 Å². The van der Waals surface area contributed by atoms with E-state index >= 15 is 0 Å². The highest BCUT2D eigenvalue weighted by molar-refractivity contribution is 5.89. The lowest BCUT2D eigenvalue weighted by atomic mass is 9.46. The summed E-state index contributed by atoms with van der Waals surface area (Å²) < 4.78 is 5.86. The molecule has 2 N–H and O–H groups in total. The quantitative estimate of drug-likeness (QED) is 0.801. The number of carbonyl (C=O) groups is 1. The third-order valence-corrected chi connectivity index (χ3v) is 5.17. The molecule has 0 radical (unpaired) electrons. The highest BCUT2D eigenvalue weighted by atomic mass is 16.5. The second kappa shape index (κ2) is 5.15.